The number of hydrogen-bond acceptors (Lipinski definition) is 4. The SMILES string of the molecule is CC(C)(C)CNC1=NCC(N)N1. The second-order valence-electron chi connectivity index (χ2n) is 4.35. The first-order valence-corrected chi connectivity index (χ1v) is 4.28. The Morgan fingerprint density at radius 2 is 2.33 bits per heavy atom. The predicted molar refractivity (Wildman–Crippen MR) is 50.9 cm³/mol. The molecule has 0 spiro atoms. The molecule has 0 aliphatic carbocycles. The van der Waals surface area contributed by atoms with E-state index in [1.807, 2.05) is 0 Å². The van der Waals surface area contributed by atoms with Gasteiger partial charge in [-0.15, -0.1) is 0 Å². The summed E-state index contributed by atoms with van der Waals surface area (Å²) in [5.41, 5.74) is 5.87. The van der Waals surface area contributed by atoms with Gasteiger partial charge in [-0.05, 0) is 5.41 Å². The van der Waals surface area contributed by atoms with Crippen LogP contribution in [-0.4, -0.2) is 25.2 Å². The highest BCUT2D eigenvalue weighted by Gasteiger charge is 2.15. The molecule has 4 nitrogen and oxygen atoms in total. The zero-order valence-electron chi connectivity index (χ0n) is 8.02. The van der Waals surface area contributed by atoms with Gasteiger partial charge in [-0.1, -0.05) is 20.8 Å². The Balaban J connectivity index is 2.25. The molecule has 1 rings (SSSR count). The molecule has 0 fully saturated rings. The Morgan fingerprint density at radius 1 is 1.67 bits per heavy atom. The molecular formula is C8H18N4. The lowest BCUT2D eigenvalue weighted by molar-refractivity contribution is 0.407. The van der Waals surface area contributed by atoms with Crippen LogP contribution in [0.5, 0.6) is 0 Å². The van der Waals surface area contributed by atoms with E-state index in [9.17, 15) is 0 Å². The molecule has 1 aliphatic rings. The number of aliphatic imine (C=N–C) groups is 1. The number of hydrogen-bond donors (Lipinski definition) is 3. The first-order valence-electron chi connectivity index (χ1n) is 4.28. The molecule has 1 aliphatic heterocycles. The van der Waals surface area contributed by atoms with Gasteiger partial charge in [0, 0.05) is 6.54 Å². The zero-order chi connectivity index (χ0) is 9.19. The molecule has 0 aromatic heterocycles. The van der Waals surface area contributed by atoms with Crippen molar-refractivity contribution in [2.24, 2.45) is 16.1 Å². The summed E-state index contributed by atoms with van der Waals surface area (Å²) in [5, 5.41) is 6.25. The van der Waals surface area contributed by atoms with Crippen LogP contribution in [0, 0.1) is 5.41 Å². The largest absolute Gasteiger partial charge is 0.356 e. The Morgan fingerprint density at radius 3 is 2.75 bits per heavy atom. The van der Waals surface area contributed by atoms with Crippen molar-refractivity contribution in [1.82, 2.24) is 10.6 Å². The normalized spacial score (nSPS) is 23.3. The third-order valence-electron chi connectivity index (χ3n) is 1.55. The third-order valence-corrected chi connectivity index (χ3v) is 1.55. The van der Waals surface area contributed by atoms with E-state index in [2.05, 4.69) is 36.4 Å². The molecule has 0 radical (unpaired) electrons. The van der Waals surface area contributed by atoms with E-state index in [4.69, 9.17) is 5.73 Å². The first-order chi connectivity index (χ1) is 5.47. The van der Waals surface area contributed by atoms with Crippen molar-refractivity contribution in [3.63, 3.8) is 0 Å². The van der Waals surface area contributed by atoms with Gasteiger partial charge < -0.3 is 16.4 Å². The van der Waals surface area contributed by atoms with Gasteiger partial charge >= 0.3 is 0 Å². The molecule has 70 valence electrons. The van der Waals surface area contributed by atoms with Gasteiger partial charge in [0.15, 0.2) is 5.96 Å². The van der Waals surface area contributed by atoms with Crippen molar-refractivity contribution in [3.05, 3.63) is 0 Å². The fraction of sp³-hybridized carbons (Fsp3) is 0.875. The van der Waals surface area contributed by atoms with Crippen molar-refractivity contribution in [3.8, 4) is 0 Å². The Hall–Kier alpha value is -0.770. The second-order valence-corrected chi connectivity index (χ2v) is 4.35. The van der Waals surface area contributed by atoms with Gasteiger partial charge in [0.05, 0.1) is 12.7 Å². The Labute approximate surface area is 73.6 Å². The molecule has 1 heterocycles. The van der Waals surface area contributed by atoms with E-state index >= 15 is 0 Å². The standard InChI is InChI=1S/C8H18N4/c1-8(2,3)5-11-7-10-4-6(9)12-7/h6H,4-5,9H2,1-3H3,(H2,10,11,12). The minimum atomic E-state index is -0.00697. The minimum absolute atomic E-state index is 0.00697. The lowest BCUT2D eigenvalue weighted by atomic mass is 9.97. The van der Waals surface area contributed by atoms with Crippen molar-refractivity contribution in [2.75, 3.05) is 13.1 Å². The van der Waals surface area contributed by atoms with Crippen molar-refractivity contribution in [1.29, 1.82) is 0 Å². The average Bonchev–Trinajstić information content (AvgIpc) is 2.30. The lowest BCUT2D eigenvalue weighted by Gasteiger charge is -2.19. The van der Waals surface area contributed by atoms with Crippen molar-refractivity contribution < 1.29 is 0 Å². The fourth-order valence-electron chi connectivity index (χ4n) is 0.912. The molecule has 0 aromatic carbocycles. The van der Waals surface area contributed by atoms with E-state index in [-0.39, 0.29) is 11.6 Å². The Bertz CT molecular complexity index is 180. The Kier molecular flexibility index (Phi) is 2.57. The molecule has 1 unspecified atom stereocenters. The average molecular weight is 170 g/mol. The summed E-state index contributed by atoms with van der Waals surface area (Å²) in [7, 11) is 0. The van der Waals surface area contributed by atoms with E-state index < -0.39 is 0 Å². The highest BCUT2D eigenvalue weighted by Crippen LogP contribution is 2.10. The van der Waals surface area contributed by atoms with Crippen LogP contribution in [-0.2, 0) is 0 Å². The van der Waals surface area contributed by atoms with E-state index in [0.717, 1.165) is 12.5 Å². The molecule has 0 saturated heterocycles. The second kappa shape index (κ2) is 3.31. The van der Waals surface area contributed by atoms with E-state index in [1.165, 1.54) is 0 Å². The molecule has 0 amide bonds. The number of rotatable bonds is 1. The molecule has 1 atom stereocenters. The molecule has 0 saturated carbocycles. The monoisotopic (exact) mass is 170 g/mol. The summed E-state index contributed by atoms with van der Waals surface area (Å²) in [6, 6.07) is 0. The van der Waals surface area contributed by atoms with Gasteiger partial charge in [0.2, 0.25) is 0 Å². The summed E-state index contributed by atoms with van der Waals surface area (Å²) in [5.74, 6) is 0.831. The van der Waals surface area contributed by atoms with E-state index in [0.29, 0.717) is 6.54 Å². The van der Waals surface area contributed by atoms with Crippen molar-refractivity contribution >= 4 is 5.96 Å². The molecule has 12 heavy (non-hydrogen) atoms. The highest BCUT2D eigenvalue weighted by molar-refractivity contribution is 5.81. The number of nitrogens with zero attached hydrogens (tertiary/aromatic N) is 1. The van der Waals surface area contributed by atoms with Crippen LogP contribution in [0.4, 0.5) is 0 Å². The van der Waals surface area contributed by atoms with Crippen LogP contribution in [0.15, 0.2) is 4.99 Å². The molecule has 0 aromatic rings. The van der Waals surface area contributed by atoms with Gasteiger partial charge in [-0.2, -0.15) is 0 Å². The fourth-order valence-corrected chi connectivity index (χ4v) is 0.912. The molecule has 4 heteroatoms. The maximum Gasteiger partial charge on any atom is 0.192 e. The lowest BCUT2D eigenvalue weighted by Crippen LogP contribution is -2.45. The van der Waals surface area contributed by atoms with Crippen LogP contribution in [0.3, 0.4) is 0 Å². The summed E-state index contributed by atoms with van der Waals surface area (Å²) >= 11 is 0. The number of nitrogens with two attached hydrogens (primary N) is 1. The van der Waals surface area contributed by atoms with Crippen LogP contribution >= 0.6 is 0 Å². The summed E-state index contributed by atoms with van der Waals surface area (Å²) in [6.45, 7) is 8.11. The molecular weight excluding hydrogens is 152 g/mol. The van der Waals surface area contributed by atoms with Crippen molar-refractivity contribution in [2.45, 2.75) is 26.9 Å². The highest BCUT2D eigenvalue weighted by atomic mass is 15.3. The maximum atomic E-state index is 5.60. The zero-order valence-corrected chi connectivity index (χ0v) is 8.02. The molecule has 0 bridgehead atoms. The van der Waals surface area contributed by atoms with Gasteiger partial charge in [0.1, 0.15) is 0 Å². The summed E-state index contributed by atoms with van der Waals surface area (Å²) in [4.78, 5) is 4.19. The smallest absolute Gasteiger partial charge is 0.192 e. The van der Waals surface area contributed by atoms with Gasteiger partial charge in [-0.25, -0.2) is 4.99 Å². The quantitative estimate of drug-likeness (QED) is 0.513. The third kappa shape index (κ3) is 3.09. The van der Waals surface area contributed by atoms with Crippen LogP contribution in [0.1, 0.15) is 20.8 Å². The van der Waals surface area contributed by atoms with E-state index in [1.54, 1.807) is 0 Å². The summed E-state index contributed by atoms with van der Waals surface area (Å²) < 4.78 is 0. The first kappa shape index (κ1) is 9.32. The number of nitrogens with one attached hydrogen (secondary N) is 2. The maximum absolute atomic E-state index is 5.60. The van der Waals surface area contributed by atoms with Gasteiger partial charge in [0.25, 0.3) is 0 Å². The van der Waals surface area contributed by atoms with Crippen LogP contribution < -0.4 is 16.4 Å². The van der Waals surface area contributed by atoms with Crippen LogP contribution in [0.25, 0.3) is 0 Å². The topological polar surface area (TPSA) is 62.4 Å². The van der Waals surface area contributed by atoms with Crippen LogP contribution in [0.2, 0.25) is 0 Å². The summed E-state index contributed by atoms with van der Waals surface area (Å²) in [6.07, 6.45) is -0.00697. The molecule has 4 N–H and O–H groups in total. The number of guanidine groups is 1. The van der Waals surface area contributed by atoms with Gasteiger partial charge in [-0.3, -0.25) is 0 Å². The predicted octanol–water partition coefficient (Wildman–Crippen LogP) is -0.134. The minimum Gasteiger partial charge on any atom is -0.356 e.